The van der Waals surface area contributed by atoms with Crippen LogP contribution in [0.2, 0.25) is 0 Å². The van der Waals surface area contributed by atoms with Gasteiger partial charge in [0.2, 0.25) is 5.91 Å². The molecule has 114 valence electrons. The lowest BCUT2D eigenvalue weighted by atomic mass is 10.0. The zero-order valence-corrected chi connectivity index (χ0v) is 12.1. The summed E-state index contributed by atoms with van der Waals surface area (Å²) in [4.78, 5) is 11.8. The highest BCUT2D eigenvalue weighted by atomic mass is 16.5. The average molecular weight is 290 g/mol. The summed E-state index contributed by atoms with van der Waals surface area (Å²) in [6.07, 6.45) is 3.66. The summed E-state index contributed by atoms with van der Waals surface area (Å²) in [6, 6.07) is 7.46. The molecule has 2 aliphatic rings. The summed E-state index contributed by atoms with van der Waals surface area (Å²) >= 11 is 0. The van der Waals surface area contributed by atoms with Gasteiger partial charge in [-0.05, 0) is 55.9 Å². The van der Waals surface area contributed by atoms with Gasteiger partial charge in [0, 0.05) is 18.9 Å². The lowest BCUT2D eigenvalue weighted by Gasteiger charge is -2.22. The average Bonchev–Trinajstić information content (AvgIpc) is 3.27. The number of hydrogen-bond acceptors (Lipinski definition) is 4. The number of nitrogens with one attached hydrogen (secondary N) is 1. The minimum atomic E-state index is -0.641. The van der Waals surface area contributed by atoms with Gasteiger partial charge in [-0.3, -0.25) is 4.79 Å². The fourth-order valence-corrected chi connectivity index (χ4v) is 2.38. The number of benzene rings is 1. The second-order valence-electron chi connectivity index (χ2n) is 6.00. The maximum Gasteiger partial charge on any atom is 0.244 e. The normalized spacial score (nSPS) is 20.8. The van der Waals surface area contributed by atoms with Crippen LogP contribution in [-0.2, 0) is 9.53 Å². The van der Waals surface area contributed by atoms with E-state index < -0.39 is 5.54 Å². The Labute approximate surface area is 124 Å². The Bertz CT molecular complexity index is 491. The number of carbonyl (C=O) groups excluding carboxylic acids is 1. The highest BCUT2D eigenvalue weighted by Crippen LogP contribution is 2.33. The van der Waals surface area contributed by atoms with Gasteiger partial charge in [-0.25, -0.2) is 0 Å². The lowest BCUT2D eigenvalue weighted by molar-refractivity contribution is -0.118. The first-order chi connectivity index (χ1) is 10.2. The zero-order chi connectivity index (χ0) is 14.7. The van der Waals surface area contributed by atoms with Gasteiger partial charge >= 0.3 is 0 Å². The Kier molecular flexibility index (Phi) is 4.12. The molecule has 5 nitrogen and oxygen atoms in total. The summed E-state index contributed by atoms with van der Waals surface area (Å²) in [6.45, 7) is 2.39. The van der Waals surface area contributed by atoms with Crippen molar-refractivity contribution in [2.45, 2.75) is 31.2 Å². The van der Waals surface area contributed by atoms with Gasteiger partial charge in [0.25, 0.3) is 0 Å². The summed E-state index contributed by atoms with van der Waals surface area (Å²) in [5.74, 6) is 1.30. The molecule has 0 atom stereocenters. The van der Waals surface area contributed by atoms with E-state index in [4.69, 9.17) is 15.2 Å². The molecule has 0 bridgehead atoms. The molecule has 1 saturated heterocycles. The van der Waals surface area contributed by atoms with Gasteiger partial charge in [-0.1, -0.05) is 0 Å². The Balaban J connectivity index is 1.48. The van der Waals surface area contributed by atoms with Crippen molar-refractivity contribution in [3.63, 3.8) is 0 Å². The molecule has 2 fully saturated rings. The van der Waals surface area contributed by atoms with E-state index in [1.54, 1.807) is 0 Å². The molecule has 1 amide bonds. The maximum atomic E-state index is 11.8. The monoisotopic (exact) mass is 290 g/mol. The van der Waals surface area contributed by atoms with Crippen molar-refractivity contribution in [1.29, 1.82) is 0 Å². The minimum Gasteiger partial charge on any atom is -0.493 e. The number of carbonyl (C=O) groups is 1. The molecule has 0 aromatic heterocycles. The fourth-order valence-electron chi connectivity index (χ4n) is 2.38. The molecule has 3 rings (SSSR count). The van der Waals surface area contributed by atoms with Crippen molar-refractivity contribution >= 4 is 11.6 Å². The van der Waals surface area contributed by atoms with Crippen LogP contribution >= 0.6 is 0 Å². The molecule has 1 aliphatic heterocycles. The van der Waals surface area contributed by atoms with Gasteiger partial charge < -0.3 is 20.5 Å². The van der Waals surface area contributed by atoms with Crippen molar-refractivity contribution in [2.75, 3.05) is 25.1 Å². The SMILES string of the molecule is NC1(C(=O)Nc2ccc(OCC3CCOCC3)cc2)CC1. The Morgan fingerprint density at radius 1 is 1.29 bits per heavy atom. The molecule has 1 aromatic rings. The third-order valence-corrected chi connectivity index (χ3v) is 4.18. The Morgan fingerprint density at radius 2 is 1.95 bits per heavy atom. The molecule has 1 heterocycles. The third kappa shape index (κ3) is 3.74. The van der Waals surface area contributed by atoms with E-state index in [-0.39, 0.29) is 5.91 Å². The number of hydrogen-bond donors (Lipinski definition) is 2. The van der Waals surface area contributed by atoms with Crippen LogP contribution in [0.1, 0.15) is 25.7 Å². The number of nitrogens with two attached hydrogens (primary N) is 1. The van der Waals surface area contributed by atoms with E-state index in [1.807, 2.05) is 24.3 Å². The Morgan fingerprint density at radius 3 is 2.57 bits per heavy atom. The van der Waals surface area contributed by atoms with Crippen molar-refractivity contribution in [3.8, 4) is 5.75 Å². The van der Waals surface area contributed by atoms with Crippen LogP contribution in [-0.4, -0.2) is 31.3 Å². The smallest absolute Gasteiger partial charge is 0.244 e. The van der Waals surface area contributed by atoms with E-state index in [0.717, 1.165) is 56.9 Å². The molecular formula is C16H22N2O3. The first kappa shape index (κ1) is 14.4. The summed E-state index contributed by atoms with van der Waals surface area (Å²) in [5, 5.41) is 2.84. The molecule has 3 N–H and O–H groups in total. The van der Waals surface area contributed by atoms with Gasteiger partial charge in [0.15, 0.2) is 0 Å². The molecule has 1 saturated carbocycles. The van der Waals surface area contributed by atoms with E-state index >= 15 is 0 Å². The number of anilines is 1. The molecule has 0 spiro atoms. The molecule has 5 heteroatoms. The van der Waals surface area contributed by atoms with Crippen molar-refractivity contribution in [1.82, 2.24) is 0 Å². The second-order valence-corrected chi connectivity index (χ2v) is 6.00. The lowest BCUT2D eigenvalue weighted by Crippen LogP contribution is -2.37. The topological polar surface area (TPSA) is 73.6 Å². The van der Waals surface area contributed by atoms with Crippen LogP contribution in [0.5, 0.6) is 5.75 Å². The largest absolute Gasteiger partial charge is 0.493 e. The van der Waals surface area contributed by atoms with Crippen LogP contribution in [0.15, 0.2) is 24.3 Å². The van der Waals surface area contributed by atoms with E-state index in [1.165, 1.54) is 0 Å². The maximum absolute atomic E-state index is 11.8. The molecular weight excluding hydrogens is 268 g/mol. The van der Waals surface area contributed by atoms with E-state index in [0.29, 0.717) is 5.92 Å². The molecule has 1 aliphatic carbocycles. The van der Waals surface area contributed by atoms with Crippen molar-refractivity contribution in [3.05, 3.63) is 24.3 Å². The van der Waals surface area contributed by atoms with Gasteiger partial charge in [0.05, 0.1) is 12.1 Å². The van der Waals surface area contributed by atoms with Gasteiger partial charge in [-0.2, -0.15) is 0 Å². The molecule has 21 heavy (non-hydrogen) atoms. The standard InChI is InChI=1S/C16H22N2O3/c17-16(7-8-16)15(19)18-13-1-3-14(4-2-13)21-11-12-5-9-20-10-6-12/h1-4,12H,5-11,17H2,(H,18,19). The first-order valence-electron chi connectivity index (χ1n) is 7.57. The van der Waals surface area contributed by atoms with E-state index in [9.17, 15) is 4.79 Å². The van der Waals surface area contributed by atoms with Crippen molar-refractivity contribution < 1.29 is 14.3 Å². The summed E-state index contributed by atoms with van der Waals surface area (Å²) < 4.78 is 11.1. The van der Waals surface area contributed by atoms with Crippen molar-refractivity contribution in [2.24, 2.45) is 11.7 Å². The highest BCUT2D eigenvalue weighted by molar-refractivity contribution is 6.00. The molecule has 1 aromatic carbocycles. The molecule has 0 radical (unpaired) electrons. The van der Waals surface area contributed by atoms with Crippen LogP contribution in [0.4, 0.5) is 5.69 Å². The number of rotatable bonds is 5. The van der Waals surface area contributed by atoms with Crippen LogP contribution in [0.25, 0.3) is 0 Å². The first-order valence-corrected chi connectivity index (χ1v) is 7.57. The summed E-state index contributed by atoms with van der Waals surface area (Å²) in [7, 11) is 0. The fraction of sp³-hybridized carbons (Fsp3) is 0.562. The second kappa shape index (κ2) is 6.03. The highest BCUT2D eigenvalue weighted by Gasteiger charge is 2.45. The number of amides is 1. The predicted octanol–water partition coefficient (Wildman–Crippen LogP) is 1.92. The van der Waals surface area contributed by atoms with Crippen LogP contribution in [0.3, 0.4) is 0 Å². The van der Waals surface area contributed by atoms with Crippen LogP contribution in [0, 0.1) is 5.92 Å². The van der Waals surface area contributed by atoms with Gasteiger partial charge in [-0.15, -0.1) is 0 Å². The van der Waals surface area contributed by atoms with E-state index in [2.05, 4.69) is 5.32 Å². The van der Waals surface area contributed by atoms with Gasteiger partial charge in [0.1, 0.15) is 5.75 Å². The summed E-state index contributed by atoms with van der Waals surface area (Å²) in [5.41, 5.74) is 5.97. The van der Waals surface area contributed by atoms with Crippen LogP contribution < -0.4 is 15.8 Å². The number of ether oxygens (including phenoxy) is 2. The minimum absolute atomic E-state index is 0.0987. The quantitative estimate of drug-likeness (QED) is 0.869. The predicted molar refractivity (Wildman–Crippen MR) is 80.3 cm³/mol. The molecule has 0 unspecified atom stereocenters. The zero-order valence-electron chi connectivity index (χ0n) is 12.1. The third-order valence-electron chi connectivity index (χ3n) is 4.18. The Hall–Kier alpha value is -1.59.